The lowest BCUT2D eigenvalue weighted by molar-refractivity contribution is 0.0747. The number of carbonyl (C=O) groups is 1. The van der Waals surface area contributed by atoms with Gasteiger partial charge in [-0.15, -0.1) is 0 Å². The number of oxazole rings is 1. The molecule has 2 aromatic rings. The highest BCUT2D eigenvalue weighted by molar-refractivity contribution is 9.10. The van der Waals surface area contributed by atoms with Gasteiger partial charge in [0.1, 0.15) is 11.5 Å². The van der Waals surface area contributed by atoms with Crippen molar-refractivity contribution in [3.05, 3.63) is 34.2 Å². The third-order valence-corrected chi connectivity index (χ3v) is 5.40. The van der Waals surface area contributed by atoms with Gasteiger partial charge in [0.05, 0.1) is 23.4 Å². The molecule has 0 bridgehead atoms. The lowest BCUT2D eigenvalue weighted by atomic mass is 9.94. The molecular weight excluding hydrogens is 410 g/mol. The molecule has 0 aliphatic carbocycles. The molecule has 27 heavy (non-hydrogen) atoms. The molecule has 1 amide bonds. The van der Waals surface area contributed by atoms with Crippen LogP contribution >= 0.6 is 15.9 Å². The maximum Gasteiger partial charge on any atom is 0.273 e. The average molecular weight is 438 g/mol. The number of aryl methyl sites for hydroxylation is 1. The van der Waals surface area contributed by atoms with Gasteiger partial charge in [-0.3, -0.25) is 14.4 Å². The molecule has 0 aromatic carbocycles. The number of nitrogens with zero attached hydrogens (tertiary/aromatic N) is 5. The Hall–Kier alpha value is -1.67. The van der Waals surface area contributed by atoms with Crippen molar-refractivity contribution in [3.63, 3.8) is 0 Å². The maximum absolute atomic E-state index is 13.0. The second kappa shape index (κ2) is 8.14. The largest absolute Gasteiger partial charge is 0.444 e. The molecule has 1 aliphatic rings. The van der Waals surface area contributed by atoms with Crippen LogP contribution in [0.25, 0.3) is 0 Å². The molecule has 3 heterocycles. The molecule has 148 valence electrons. The van der Waals surface area contributed by atoms with E-state index < -0.39 is 0 Å². The van der Waals surface area contributed by atoms with Gasteiger partial charge < -0.3 is 9.32 Å². The summed E-state index contributed by atoms with van der Waals surface area (Å²) >= 11 is 3.46. The smallest absolute Gasteiger partial charge is 0.273 e. The molecule has 2 aromatic heterocycles. The second-order valence-electron chi connectivity index (χ2n) is 7.95. The third-order valence-electron chi connectivity index (χ3n) is 4.82. The van der Waals surface area contributed by atoms with E-state index >= 15 is 0 Å². The number of hydrogen-bond donors (Lipinski definition) is 0. The summed E-state index contributed by atoms with van der Waals surface area (Å²) in [5.41, 5.74) is 0.594. The van der Waals surface area contributed by atoms with E-state index in [-0.39, 0.29) is 11.3 Å². The van der Waals surface area contributed by atoms with E-state index in [0.29, 0.717) is 25.3 Å². The average Bonchev–Trinajstić information content (AvgIpc) is 3.15. The molecule has 3 rings (SSSR count). The number of amides is 1. The number of rotatable bonds is 4. The first-order valence-corrected chi connectivity index (χ1v) is 10.3. The summed E-state index contributed by atoms with van der Waals surface area (Å²) in [5.74, 6) is 1.68. The minimum Gasteiger partial charge on any atom is -0.444 e. The van der Waals surface area contributed by atoms with Crippen LogP contribution in [0.2, 0.25) is 0 Å². The van der Waals surface area contributed by atoms with Gasteiger partial charge in [-0.25, -0.2) is 4.98 Å². The third kappa shape index (κ3) is 4.60. The predicted octanol–water partition coefficient (Wildman–Crippen LogP) is 3.30. The maximum atomic E-state index is 13.0. The zero-order valence-corrected chi connectivity index (χ0v) is 18.1. The quantitative estimate of drug-likeness (QED) is 0.733. The Kier molecular flexibility index (Phi) is 6.05. The zero-order valence-electron chi connectivity index (χ0n) is 16.5. The monoisotopic (exact) mass is 437 g/mol. The summed E-state index contributed by atoms with van der Waals surface area (Å²) < 4.78 is 8.42. The topological polar surface area (TPSA) is 67.4 Å². The molecule has 0 radical (unpaired) electrons. The zero-order chi connectivity index (χ0) is 19.6. The van der Waals surface area contributed by atoms with Crippen molar-refractivity contribution < 1.29 is 9.21 Å². The van der Waals surface area contributed by atoms with Crippen LogP contribution in [0.3, 0.4) is 0 Å². The SMILES string of the molecule is CCn1ncc(Br)c1C(=O)N1CCCN(Cc2ncc(C(C)(C)C)o2)CC1. The van der Waals surface area contributed by atoms with Crippen LogP contribution in [0.1, 0.15) is 56.3 Å². The lowest BCUT2D eigenvalue weighted by Crippen LogP contribution is -2.36. The fourth-order valence-corrected chi connectivity index (χ4v) is 3.68. The van der Waals surface area contributed by atoms with Crippen LogP contribution in [-0.2, 0) is 18.5 Å². The fraction of sp³-hybridized carbons (Fsp3) is 0.632. The Morgan fingerprint density at radius 2 is 2.00 bits per heavy atom. The number of carbonyl (C=O) groups excluding carboxylic acids is 1. The van der Waals surface area contributed by atoms with Gasteiger partial charge >= 0.3 is 0 Å². The first-order valence-electron chi connectivity index (χ1n) is 9.47. The summed E-state index contributed by atoms with van der Waals surface area (Å²) in [6.45, 7) is 12.8. The van der Waals surface area contributed by atoms with Crippen LogP contribution in [0.15, 0.2) is 21.3 Å². The van der Waals surface area contributed by atoms with Crippen LogP contribution in [0, 0.1) is 0 Å². The molecule has 0 unspecified atom stereocenters. The Morgan fingerprint density at radius 3 is 2.67 bits per heavy atom. The van der Waals surface area contributed by atoms with E-state index in [9.17, 15) is 4.79 Å². The van der Waals surface area contributed by atoms with Gasteiger partial charge in [-0.05, 0) is 29.3 Å². The van der Waals surface area contributed by atoms with Gasteiger partial charge in [-0.2, -0.15) is 5.10 Å². The molecule has 0 N–H and O–H groups in total. The number of halogens is 1. The highest BCUT2D eigenvalue weighted by atomic mass is 79.9. The second-order valence-corrected chi connectivity index (χ2v) is 8.80. The molecule has 0 spiro atoms. The van der Waals surface area contributed by atoms with E-state index in [1.807, 2.05) is 18.0 Å². The molecule has 1 fully saturated rings. The molecular formula is C19H28BrN5O2. The summed E-state index contributed by atoms with van der Waals surface area (Å²) in [5, 5.41) is 4.26. The van der Waals surface area contributed by atoms with Gasteiger partial charge in [0.15, 0.2) is 0 Å². The summed E-state index contributed by atoms with van der Waals surface area (Å²) in [7, 11) is 0. The molecule has 1 saturated heterocycles. The van der Waals surface area contributed by atoms with Gasteiger partial charge in [-0.1, -0.05) is 20.8 Å². The van der Waals surface area contributed by atoms with Crippen molar-refractivity contribution in [2.75, 3.05) is 26.2 Å². The van der Waals surface area contributed by atoms with Crippen LogP contribution < -0.4 is 0 Å². The van der Waals surface area contributed by atoms with Crippen LogP contribution in [0.5, 0.6) is 0 Å². The number of aromatic nitrogens is 3. The van der Waals surface area contributed by atoms with Crippen molar-refractivity contribution in [2.45, 2.75) is 52.6 Å². The Labute approximate surface area is 168 Å². The summed E-state index contributed by atoms with van der Waals surface area (Å²) in [6.07, 6.45) is 4.44. The van der Waals surface area contributed by atoms with Gasteiger partial charge in [0.25, 0.3) is 5.91 Å². The van der Waals surface area contributed by atoms with Crippen molar-refractivity contribution in [1.29, 1.82) is 0 Å². The van der Waals surface area contributed by atoms with Crippen LogP contribution in [0.4, 0.5) is 0 Å². The minimum atomic E-state index is -0.0388. The first-order chi connectivity index (χ1) is 12.8. The predicted molar refractivity (Wildman–Crippen MR) is 107 cm³/mol. The Bertz CT molecular complexity index is 792. The summed E-state index contributed by atoms with van der Waals surface area (Å²) in [4.78, 5) is 21.6. The normalized spacial score (nSPS) is 16.6. The minimum absolute atomic E-state index is 0.0363. The standard InChI is InChI=1S/C19H28BrN5O2/c1-5-25-17(14(20)11-22-25)18(26)24-8-6-7-23(9-10-24)13-16-21-12-15(27-16)19(2,3)4/h11-12H,5-10,13H2,1-4H3. The van der Waals surface area contributed by atoms with E-state index in [1.54, 1.807) is 10.9 Å². The van der Waals surface area contributed by atoms with E-state index in [0.717, 1.165) is 42.2 Å². The molecule has 1 aliphatic heterocycles. The molecule has 7 nitrogen and oxygen atoms in total. The van der Waals surface area contributed by atoms with Gasteiger partial charge in [0.2, 0.25) is 5.89 Å². The fourth-order valence-electron chi connectivity index (χ4n) is 3.22. The summed E-state index contributed by atoms with van der Waals surface area (Å²) in [6, 6.07) is 0. The van der Waals surface area contributed by atoms with Crippen molar-refractivity contribution in [1.82, 2.24) is 24.6 Å². The highest BCUT2D eigenvalue weighted by Crippen LogP contribution is 2.23. The van der Waals surface area contributed by atoms with E-state index in [2.05, 4.69) is 51.7 Å². The first kappa shape index (κ1) is 20.1. The van der Waals surface area contributed by atoms with Crippen molar-refractivity contribution >= 4 is 21.8 Å². The van der Waals surface area contributed by atoms with E-state index in [1.165, 1.54) is 0 Å². The number of hydrogen-bond acceptors (Lipinski definition) is 5. The Morgan fingerprint density at radius 1 is 1.22 bits per heavy atom. The molecule has 0 atom stereocenters. The van der Waals surface area contributed by atoms with Crippen molar-refractivity contribution in [3.8, 4) is 0 Å². The van der Waals surface area contributed by atoms with Gasteiger partial charge in [0, 0.05) is 38.1 Å². The molecule has 0 saturated carbocycles. The van der Waals surface area contributed by atoms with Crippen LogP contribution in [-0.4, -0.2) is 56.7 Å². The lowest BCUT2D eigenvalue weighted by Gasteiger charge is -2.22. The van der Waals surface area contributed by atoms with Crippen molar-refractivity contribution in [2.24, 2.45) is 0 Å². The Balaban J connectivity index is 1.63. The molecule has 8 heteroatoms. The highest BCUT2D eigenvalue weighted by Gasteiger charge is 2.26. The van der Waals surface area contributed by atoms with E-state index in [4.69, 9.17) is 4.42 Å².